The molecule has 0 spiro atoms. The molecule has 0 fully saturated rings. The average Bonchev–Trinajstić information content (AvgIpc) is 2.28. The van der Waals surface area contributed by atoms with Crippen LogP contribution in [0.15, 0.2) is 18.2 Å². The summed E-state index contributed by atoms with van der Waals surface area (Å²) in [5.74, 6) is -2.28. The van der Waals surface area contributed by atoms with E-state index < -0.39 is 23.0 Å². The maximum absolute atomic E-state index is 13.2. The van der Waals surface area contributed by atoms with Crippen molar-refractivity contribution in [1.82, 2.24) is 0 Å². The van der Waals surface area contributed by atoms with Gasteiger partial charge in [-0.1, -0.05) is 6.07 Å². The molecule has 0 saturated heterocycles. The number of Topliss-reactive ketones (excluding diaryl/α,β-unsaturated/α-hetero) is 1. The molecule has 5 heteroatoms. The van der Waals surface area contributed by atoms with Crippen LogP contribution in [0.25, 0.3) is 0 Å². The monoisotopic (exact) mass is 244 g/mol. The van der Waals surface area contributed by atoms with Gasteiger partial charge in [-0.25, -0.2) is 8.78 Å². The van der Waals surface area contributed by atoms with E-state index in [1.807, 2.05) is 0 Å². The van der Waals surface area contributed by atoms with Crippen molar-refractivity contribution in [3.8, 4) is 0 Å². The van der Waals surface area contributed by atoms with Crippen LogP contribution in [0.4, 0.5) is 8.78 Å². The van der Waals surface area contributed by atoms with Gasteiger partial charge < -0.3 is 9.47 Å². The molecule has 0 aliphatic rings. The number of ether oxygens (including phenoxy) is 2. The molecule has 0 radical (unpaired) electrons. The van der Waals surface area contributed by atoms with Crippen molar-refractivity contribution in [3.63, 3.8) is 0 Å². The Morgan fingerprint density at radius 2 is 1.82 bits per heavy atom. The lowest BCUT2D eigenvalue weighted by atomic mass is 10.1. The first kappa shape index (κ1) is 13.7. The minimum atomic E-state index is -0.841. The van der Waals surface area contributed by atoms with Gasteiger partial charge in [-0.15, -0.1) is 0 Å². The highest BCUT2D eigenvalue weighted by Crippen LogP contribution is 2.14. The Kier molecular flexibility index (Phi) is 5.72. The summed E-state index contributed by atoms with van der Waals surface area (Å²) in [7, 11) is 1.53. The Morgan fingerprint density at radius 3 is 2.41 bits per heavy atom. The second-order valence-corrected chi connectivity index (χ2v) is 3.38. The van der Waals surface area contributed by atoms with Gasteiger partial charge >= 0.3 is 0 Å². The van der Waals surface area contributed by atoms with Gasteiger partial charge in [-0.05, 0) is 12.1 Å². The molecule has 1 aromatic rings. The van der Waals surface area contributed by atoms with Crippen molar-refractivity contribution >= 4 is 5.78 Å². The minimum Gasteiger partial charge on any atom is -0.382 e. The molecule has 17 heavy (non-hydrogen) atoms. The van der Waals surface area contributed by atoms with E-state index in [0.717, 1.165) is 12.1 Å². The molecule has 3 nitrogen and oxygen atoms in total. The van der Waals surface area contributed by atoms with Crippen LogP contribution in [0.5, 0.6) is 0 Å². The standard InChI is InChI=1S/C12H14F2O3/c1-16-7-8-17-6-5-11(15)12-9(13)3-2-4-10(12)14/h2-4H,5-8H2,1H3. The van der Waals surface area contributed by atoms with Crippen molar-refractivity contribution < 1.29 is 23.0 Å². The van der Waals surface area contributed by atoms with Crippen LogP contribution in [0.1, 0.15) is 16.8 Å². The lowest BCUT2D eigenvalue weighted by Gasteiger charge is -2.05. The number of carbonyl (C=O) groups excluding carboxylic acids is 1. The van der Waals surface area contributed by atoms with E-state index >= 15 is 0 Å². The molecule has 0 atom stereocenters. The Hall–Kier alpha value is -1.33. The zero-order valence-electron chi connectivity index (χ0n) is 9.54. The SMILES string of the molecule is COCCOCCC(=O)c1c(F)cccc1F. The molecule has 0 bridgehead atoms. The molecule has 0 heterocycles. The fourth-order valence-corrected chi connectivity index (χ4v) is 1.30. The number of halogens is 2. The van der Waals surface area contributed by atoms with Gasteiger partial charge in [0, 0.05) is 13.5 Å². The van der Waals surface area contributed by atoms with Gasteiger partial charge in [0.25, 0.3) is 0 Å². The van der Waals surface area contributed by atoms with Crippen molar-refractivity contribution in [2.45, 2.75) is 6.42 Å². The van der Waals surface area contributed by atoms with Crippen molar-refractivity contribution in [1.29, 1.82) is 0 Å². The van der Waals surface area contributed by atoms with E-state index in [4.69, 9.17) is 9.47 Å². The van der Waals surface area contributed by atoms with Crippen LogP contribution in [0.2, 0.25) is 0 Å². The summed E-state index contributed by atoms with van der Waals surface area (Å²) in [6.45, 7) is 0.891. The molecule has 1 rings (SSSR count). The Labute approximate surface area is 98.3 Å². The molecule has 94 valence electrons. The number of hydrogen-bond donors (Lipinski definition) is 0. The Bertz CT molecular complexity index is 360. The predicted molar refractivity (Wildman–Crippen MR) is 58.0 cm³/mol. The highest BCUT2D eigenvalue weighted by Gasteiger charge is 2.16. The van der Waals surface area contributed by atoms with E-state index in [-0.39, 0.29) is 13.0 Å². The minimum absolute atomic E-state index is 0.0540. The molecule has 0 N–H and O–H groups in total. The molecular weight excluding hydrogens is 230 g/mol. The summed E-state index contributed by atoms with van der Waals surface area (Å²) in [5.41, 5.74) is -0.497. The number of methoxy groups -OCH3 is 1. The van der Waals surface area contributed by atoms with Crippen molar-refractivity contribution in [3.05, 3.63) is 35.4 Å². The van der Waals surface area contributed by atoms with Crippen LogP contribution in [-0.2, 0) is 9.47 Å². The topological polar surface area (TPSA) is 35.5 Å². The molecule has 0 amide bonds. The van der Waals surface area contributed by atoms with Crippen LogP contribution >= 0.6 is 0 Å². The molecule has 1 aromatic carbocycles. The number of ketones is 1. The second kappa shape index (κ2) is 7.09. The largest absolute Gasteiger partial charge is 0.382 e. The third-order valence-electron chi connectivity index (χ3n) is 2.15. The quantitative estimate of drug-likeness (QED) is 0.545. The fourth-order valence-electron chi connectivity index (χ4n) is 1.30. The van der Waals surface area contributed by atoms with Gasteiger partial charge in [0.1, 0.15) is 11.6 Å². The fraction of sp³-hybridized carbons (Fsp3) is 0.417. The van der Waals surface area contributed by atoms with Crippen LogP contribution < -0.4 is 0 Å². The summed E-state index contributed by atoms with van der Waals surface area (Å²) < 4.78 is 36.2. The number of hydrogen-bond acceptors (Lipinski definition) is 3. The second-order valence-electron chi connectivity index (χ2n) is 3.38. The summed E-state index contributed by atoms with van der Waals surface area (Å²) >= 11 is 0. The highest BCUT2D eigenvalue weighted by molar-refractivity contribution is 5.96. The summed E-state index contributed by atoms with van der Waals surface area (Å²) in [5, 5.41) is 0. The molecule has 0 aliphatic carbocycles. The summed E-state index contributed by atoms with van der Waals surface area (Å²) in [4.78, 5) is 11.5. The maximum atomic E-state index is 13.2. The zero-order chi connectivity index (χ0) is 12.7. The van der Waals surface area contributed by atoms with E-state index in [1.54, 1.807) is 0 Å². The first-order chi connectivity index (χ1) is 8.16. The van der Waals surface area contributed by atoms with E-state index in [9.17, 15) is 13.6 Å². The zero-order valence-corrected chi connectivity index (χ0v) is 9.54. The number of rotatable bonds is 7. The lowest BCUT2D eigenvalue weighted by Crippen LogP contribution is -2.11. The highest BCUT2D eigenvalue weighted by atomic mass is 19.1. The molecular formula is C12H14F2O3. The Balaban J connectivity index is 2.47. The third-order valence-corrected chi connectivity index (χ3v) is 2.15. The van der Waals surface area contributed by atoms with Crippen LogP contribution in [0, 0.1) is 11.6 Å². The molecule has 0 aromatic heterocycles. The smallest absolute Gasteiger partial charge is 0.171 e. The van der Waals surface area contributed by atoms with Gasteiger partial charge in [-0.3, -0.25) is 4.79 Å². The normalized spacial score (nSPS) is 10.5. The van der Waals surface area contributed by atoms with Gasteiger partial charge in [-0.2, -0.15) is 0 Å². The van der Waals surface area contributed by atoms with Gasteiger partial charge in [0.05, 0.1) is 25.4 Å². The van der Waals surface area contributed by atoms with E-state index in [0.29, 0.717) is 13.2 Å². The molecule has 0 aliphatic heterocycles. The van der Waals surface area contributed by atoms with Gasteiger partial charge in [0.15, 0.2) is 5.78 Å². The third kappa shape index (κ3) is 4.20. The molecule has 0 saturated carbocycles. The van der Waals surface area contributed by atoms with Crippen LogP contribution in [0.3, 0.4) is 0 Å². The van der Waals surface area contributed by atoms with E-state index in [2.05, 4.69) is 0 Å². The predicted octanol–water partition coefficient (Wildman–Crippen LogP) is 2.20. The lowest BCUT2D eigenvalue weighted by molar-refractivity contribution is 0.0638. The summed E-state index contributed by atoms with van der Waals surface area (Å²) in [6.07, 6.45) is -0.0540. The number of carbonyl (C=O) groups is 1. The summed E-state index contributed by atoms with van der Waals surface area (Å²) in [6, 6.07) is 3.33. The average molecular weight is 244 g/mol. The van der Waals surface area contributed by atoms with Crippen molar-refractivity contribution in [2.24, 2.45) is 0 Å². The number of benzene rings is 1. The first-order valence-corrected chi connectivity index (χ1v) is 5.20. The first-order valence-electron chi connectivity index (χ1n) is 5.20. The Morgan fingerprint density at radius 1 is 1.18 bits per heavy atom. The maximum Gasteiger partial charge on any atom is 0.171 e. The van der Waals surface area contributed by atoms with Gasteiger partial charge in [0.2, 0.25) is 0 Å². The molecule has 0 unspecified atom stereocenters. The van der Waals surface area contributed by atoms with E-state index in [1.165, 1.54) is 13.2 Å². The van der Waals surface area contributed by atoms with Crippen molar-refractivity contribution in [2.75, 3.05) is 26.9 Å². The van der Waals surface area contributed by atoms with Crippen LogP contribution in [-0.4, -0.2) is 32.7 Å².